The van der Waals surface area contributed by atoms with E-state index >= 15 is 0 Å². The number of fused-ring (bicyclic) bond motifs is 3. The van der Waals surface area contributed by atoms with Gasteiger partial charge >= 0.3 is 0 Å². The molecule has 4 rings (SSSR count). The van der Waals surface area contributed by atoms with Crippen LogP contribution in [0.25, 0.3) is 0 Å². The Morgan fingerprint density at radius 1 is 1.18 bits per heavy atom. The van der Waals surface area contributed by atoms with Crippen molar-refractivity contribution in [3.63, 3.8) is 0 Å². The highest BCUT2D eigenvalue weighted by atomic mass is 16.5. The fourth-order valence-electron chi connectivity index (χ4n) is 7.75. The van der Waals surface area contributed by atoms with Gasteiger partial charge in [0.15, 0.2) is 17.3 Å². The molecule has 0 N–H and O–H groups in total. The van der Waals surface area contributed by atoms with Crippen molar-refractivity contribution in [1.29, 1.82) is 0 Å². The SMILES string of the molecule is C=C(Cc1cc(N(C)C)c2c(c1C)C(=O)C1C(C2)CC2CC(C)=C(C(C)=O)C(=O)C2(C)C1C)OC(C)(C)C. The molecule has 0 radical (unpaired) electrons. The molecule has 5 unspecified atom stereocenters. The number of carbonyl (C=O) groups excluding carboxylic acids is 3. The van der Waals surface area contributed by atoms with Crippen molar-refractivity contribution in [1.82, 2.24) is 0 Å². The molecule has 0 aromatic heterocycles. The van der Waals surface area contributed by atoms with Crippen LogP contribution in [-0.4, -0.2) is 37.0 Å². The van der Waals surface area contributed by atoms with E-state index < -0.39 is 5.41 Å². The minimum atomic E-state index is -0.709. The van der Waals surface area contributed by atoms with Gasteiger partial charge in [-0.15, -0.1) is 0 Å². The molecule has 1 fully saturated rings. The summed E-state index contributed by atoms with van der Waals surface area (Å²) in [5.41, 5.74) is 5.27. The molecule has 206 valence electrons. The molecule has 0 bridgehead atoms. The van der Waals surface area contributed by atoms with Crippen LogP contribution in [0.1, 0.15) is 88.4 Å². The van der Waals surface area contributed by atoms with Gasteiger partial charge in [0, 0.05) is 43.1 Å². The number of ether oxygens (including phenoxy) is 1. The van der Waals surface area contributed by atoms with Crippen molar-refractivity contribution in [2.75, 3.05) is 19.0 Å². The maximum absolute atomic E-state index is 14.5. The van der Waals surface area contributed by atoms with Gasteiger partial charge in [-0.1, -0.05) is 26.0 Å². The van der Waals surface area contributed by atoms with Crippen molar-refractivity contribution in [3.05, 3.63) is 51.8 Å². The van der Waals surface area contributed by atoms with E-state index in [-0.39, 0.29) is 46.6 Å². The van der Waals surface area contributed by atoms with Gasteiger partial charge in [0.25, 0.3) is 0 Å². The number of hydrogen-bond donors (Lipinski definition) is 0. The summed E-state index contributed by atoms with van der Waals surface area (Å²) in [6, 6.07) is 2.20. The first-order chi connectivity index (χ1) is 17.5. The first-order valence-electron chi connectivity index (χ1n) is 14.0. The average Bonchev–Trinajstić information content (AvgIpc) is 2.76. The number of rotatable bonds is 5. The van der Waals surface area contributed by atoms with Crippen LogP contribution in [0, 0.1) is 36.0 Å². The number of anilines is 1. The second-order valence-electron chi connectivity index (χ2n) is 13.5. The van der Waals surface area contributed by atoms with Crippen molar-refractivity contribution in [2.24, 2.45) is 29.1 Å². The Kier molecular flexibility index (Phi) is 7.08. The van der Waals surface area contributed by atoms with E-state index in [0.717, 1.165) is 52.8 Å². The molecule has 5 atom stereocenters. The number of Topliss-reactive ketones (excluding diaryl/α,β-unsaturated/α-hetero) is 3. The van der Waals surface area contributed by atoms with E-state index in [1.807, 2.05) is 55.6 Å². The maximum atomic E-state index is 14.5. The van der Waals surface area contributed by atoms with Crippen molar-refractivity contribution in [3.8, 4) is 0 Å². The lowest BCUT2D eigenvalue weighted by atomic mass is 9.46. The molecule has 5 nitrogen and oxygen atoms in total. The van der Waals surface area contributed by atoms with E-state index in [9.17, 15) is 14.4 Å². The Labute approximate surface area is 228 Å². The number of carbonyl (C=O) groups is 3. The standard InChI is InChI=1S/C33H45NO4/c1-17-12-24-14-23-15-25-26(34(10)11)16-22(13-18(2)38-32(6,7)8)19(3)28(25)30(36)29(23)20(4)33(24,9)31(37)27(17)21(5)35/h16,20,23-24,29H,2,12-15H2,1,3-11H3. The number of hydrogen-bond acceptors (Lipinski definition) is 5. The van der Waals surface area contributed by atoms with Crippen LogP contribution in [-0.2, 0) is 27.2 Å². The van der Waals surface area contributed by atoms with Crippen LogP contribution in [0.15, 0.2) is 29.6 Å². The van der Waals surface area contributed by atoms with Gasteiger partial charge in [-0.05, 0) is 101 Å². The zero-order valence-corrected chi connectivity index (χ0v) is 25.0. The molecule has 5 heteroatoms. The fourth-order valence-corrected chi connectivity index (χ4v) is 7.75. The molecule has 1 aromatic rings. The summed E-state index contributed by atoms with van der Waals surface area (Å²) >= 11 is 0. The lowest BCUT2D eigenvalue weighted by Crippen LogP contribution is -2.57. The second-order valence-corrected chi connectivity index (χ2v) is 13.5. The molecular formula is C33H45NO4. The lowest BCUT2D eigenvalue weighted by molar-refractivity contribution is -0.139. The van der Waals surface area contributed by atoms with Crippen LogP contribution in [0.5, 0.6) is 0 Å². The number of allylic oxidation sites excluding steroid dienone is 3. The molecular weight excluding hydrogens is 474 g/mol. The van der Waals surface area contributed by atoms with E-state index in [2.05, 4.69) is 24.5 Å². The predicted octanol–water partition coefficient (Wildman–Crippen LogP) is 6.44. The third kappa shape index (κ3) is 4.46. The van der Waals surface area contributed by atoms with Crippen molar-refractivity contribution < 1.29 is 19.1 Å². The van der Waals surface area contributed by atoms with Crippen molar-refractivity contribution >= 4 is 23.0 Å². The highest BCUT2D eigenvalue weighted by Gasteiger charge is 2.59. The number of benzene rings is 1. The zero-order chi connectivity index (χ0) is 28.5. The molecule has 3 aliphatic rings. The minimum Gasteiger partial charge on any atom is -0.493 e. The van der Waals surface area contributed by atoms with Crippen molar-refractivity contribution in [2.45, 2.75) is 86.7 Å². The molecule has 0 saturated heterocycles. The van der Waals surface area contributed by atoms with Crippen LogP contribution < -0.4 is 4.90 Å². The predicted molar refractivity (Wildman–Crippen MR) is 153 cm³/mol. The largest absolute Gasteiger partial charge is 0.493 e. The van der Waals surface area contributed by atoms with Crippen LogP contribution in [0.4, 0.5) is 5.69 Å². The average molecular weight is 520 g/mol. The molecule has 1 aromatic carbocycles. The summed E-state index contributed by atoms with van der Waals surface area (Å²) in [4.78, 5) is 42.9. The molecule has 0 aliphatic heterocycles. The van der Waals surface area contributed by atoms with Gasteiger partial charge < -0.3 is 9.64 Å². The van der Waals surface area contributed by atoms with Crippen LogP contribution >= 0.6 is 0 Å². The van der Waals surface area contributed by atoms with Crippen LogP contribution in [0.3, 0.4) is 0 Å². The number of ketones is 3. The monoisotopic (exact) mass is 519 g/mol. The van der Waals surface area contributed by atoms with Gasteiger partial charge in [-0.25, -0.2) is 0 Å². The molecule has 0 amide bonds. The summed E-state index contributed by atoms with van der Waals surface area (Å²) < 4.78 is 6.03. The zero-order valence-electron chi connectivity index (χ0n) is 25.0. The summed E-state index contributed by atoms with van der Waals surface area (Å²) in [5, 5.41) is 0. The summed E-state index contributed by atoms with van der Waals surface area (Å²) in [6.45, 7) is 19.7. The van der Waals surface area contributed by atoms with E-state index in [0.29, 0.717) is 17.8 Å². The van der Waals surface area contributed by atoms with Crippen LogP contribution in [0.2, 0.25) is 0 Å². The Morgan fingerprint density at radius 2 is 1.82 bits per heavy atom. The quantitative estimate of drug-likeness (QED) is 0.331. The summed E-state index contributed by atoms with van der Waals surface area (Å²) in [7, 11) is 4.06. The Bertz CT molecular complexity index is 1260. The first-order valence-corrected chi connectivity index (χ1v) is 14.0. The van der Waals surface area contributed by atoms with E-state index in [1.54, 1.807) is 0 Å². The van der Waals surface area contributed by atoms with E-state index in [1.165, 1.54) is 6.92 Å². The Hall–Kier alpha value is -2.69. The van der Waals surface area contributed by atoms with Gasteiger partial charge in [0.05, 0.1) is 11.3 Å². The molecule has 3 aliphatic carbocycles. The minimum absolute atomic E-state index is 0.0571. The molecule has 0 spiro atoms. The van der Waals surface area contributed by atoms with E-state index in [4.69, 9.17) is 4.74 Å². The smallest absolute Gasteiger partial charge is 0.172 e. The topological polar surface area (TPSA) is 63.7 Å². The van der Waals surface area contributed by atoms with Gasteiger partial charge in [-0.2, -0.15) is 0 Å². The highest BCUT2D eigenvalue weighted by Crippen LogP contribution is 2.59. The normalized spacial score (nSPS) is 28.9. The first kappa shape index (κ1) is 28.3. The summed E-state index contributed by atoms with van der Waals surface area (Å²) in [6.07, 6.45) is 2.95. The Balaban J connectivity index is 1.80. The number of nitrogens with zero attached hydrogens (tertiary/aromatic N) is 1. The van der Waals surface area contributed by atoms with Gasteiger partial charge in [-0.3, -0.25) is 14.4 Å². The maximum Gasteiger partial charge on any atom is 0.172 e. The second kappa shape index (κ2) is 9.50. The van der Waals surface area contributed by atoms with Gasteiger partial charge in [0.1, 0.15) is 5.60 Å². The molecule has 1 saturated carbocycles. The Morgan fingerprint density at radius 3 is 2.37 bits per heavy atom. The molecule has 38 heavy (non-hydrogen) atoms. The third-order valence-corrected chi connectivity index (χ3v) is 9.59. The third-order valence-electron chi connectivity index (χ3n) is 9.59. The van der Waals surface area contributed by atoms with Gasteiger partial charge in [0.2, 0.25) is 0 Å². The lowest BCUT2D eigenvalue weighted by Gasteiger charge is -2.55. The highest BCUT2D eigenvalue weighted by molar-refractivity contribution is 6.22. The fraction of sp³-hybridized carbons (Fsp3) is 0.606. The molecule has 0 heterocycles. The summed E-state index contributed by atoms with van der Waals surface area (Å²) in [5.74, 6) is 0.560.